The number of benzene rings is 1. The highest BCUT2D eigenvalue weighted by molar-refractivity contribution is 5.89. The zero-order chi connectivity index (χ0) is 17.9. The molecule has 1 aromatic rings. The van der Waals surface area contributed by atoms with Crippen molar-refractivity contribution in [2.75, 3.05) is 32.8 Å². The fourth-order valence-electron chi connectivity index (χ4n) is 4.03. The molecule has 0 bridgehead atoms. The van der Waals surface area contributed by atoms with Crippen LogP contribution in [0.2, 0.25) is 0 Å². The highest BCUT2D eigenvalue weighted by atomic mass is 19.1. The topological polar surface area (TPSA) is 41.6 Å². The number of amides is 1. The van der Waals surface area contributed by atoms with Crippen LogP contribution in [-0.2, 0) is 14.9 Å². The number of halogens is 1. The number of ether oxygens (including phenoxy) is 1. The Hall–Kier alpha value is -1.46. The molecule has 1 saturated heterocycles. The van der Waals surface area contributed by atoms with Crippen LogP contribution in [0.3, 0.4) is 0 Å². The van der Waals surface area contributed by atoms with Crippen LogP contribution < -0.4 is 5.32 Å². The summed E-state index contributed by atoms with van der Waals surface area (Å²) in [7, 11) is 0. The van der Waals surface area contributed by atoms with Gasteiger partial charge >= 0.3 is 0 Å². The monoisotopic (exact) mass is 348 g/mol. The van der Waals surface area contributed by atoms with Crippen molar-refractivity contribution >= 4 is 5.91 Å². The summed E-state index contributed by atoms with van der Waals surface area (Å²) in [4.78, 5) is 15.4. The molecule has 0 spiro atoms. The Morgan fingerprint density at radius 3 is 2.60 bits per heavy atom. The Morgan fingerprint density at radius 2 is 2.04 bits per heavy atom. The molecule has 1 amide bonds. The highest BCUT2D eigenvalue weighted by Gasteiger charge is 2.45. The van der Waals surface area contributed by atoms with Gasteiger partial charge in [0.15, 0.2) is 0 Å². The van der Waals surface area contributed by atoms with Crippen LogP contribution in [0.15, 0.2) is 24.3 Å². The fraction of sp³-hybridized carbons (Fsp3) is 0.650. The molecule has 25 heavy (non-hydrogen) atoms. The Bertz CT molecular complexity index is 595. The van der Waals surface area contributed by atoms with E-state index in [1.54, 1.807) is 6.07 Å². The SMILES string of the molecule is CC(C)C(CNC(=O)C1(c2cccc(F)c2)CCC1)N1CCOCC1. The maximum Gasteiger partial charge on any atom is 0.230 e. The van der Waals surface area contributed by atoms with Gasteiger partial charge in [0.2, 0.25) is 5.91 Å². The van der Waals surface area contributed by atoms with E-state index in [2.05, 4.69) is 24.1 Å². The second kappa shape index (κ2) is 7.83. The fourth-order valence-corrected chi connectivity index (χ4v) is 4.03. The molecule has 5 heteroatoms. The minimum atomic E-state index is -0.547. The third-order valence-electron chi connectivity index (χ3n) is 5.77. The average molecular weight is 348 g/mol. The number of nitrogens with one attached hydrogen (secondary N) is 1. The predicted molar refractivity (Wildman–Crippen MR) is 96.0 cm³/mol. The highest BCUT2D eigenvalue weighted by Crippen LogP contribution is 2.44. The van der Waals surface area contributed by atoms with Crippen molar-refractivity contribution in [1.29, 1.82) is 0 Å². The summed E-state index contributed by atoms with van der Waals surface area (Å²) in [5.74, 6) is 0.220. The van der Waals surface area contributed by atoms with Gasteiger partial charge in [-0.2, -0.15) is 0 Å². The smallest absolute Gasteiger partial charge is 0.230 e. The largest absolute Gasteiger partial charge is 0.379 e. The average Bonchev–Trinajstić information content (AvgIpc) is 2.55. The zero-order valence-electron chi connectivity index (χ0n) is 15.3. The molecular weight excluding hydrogens is 319 g/mol. The number of rotatable bonds is 6. The number of carbonyl (C=O) groups excluding carboxylic acids is 1. The molecule has 3 rings (SSSR count). The molecule has 2 aliphatic rings. The number of nitrogens with zero attached hydrogens (tertiary/aromatic N) is 1. The lowest BCUT2D eigenvalue weighted by Gasteiger charge is -2.42. The van der Waals surface area contributed by atoms with Crippen molar-refractivity contribution in [3.63, 3.8) is 0 Å². The molecule has 1 aliphatic carbocycles. The van der Waals surface area contributed by atoms with Gasteiger partial charge in [-0.15, -0.1) is 0 Å². The van der Waals surface area contributed by atoms with E-state index in [0.717, 1.165) is 51.1 Å². The minimum Gasteiger partial charge on any atom is -0.379 e. The van der Waals surface area contributed by atoms with E-state index in [-0.39, 0.29) is 11.7 Å². The van der Waals surface area contributed by atoms with Crippen molar-refractivity contribution in [2.45, 2.75) is 44.6 Å². The van der Waals surface area contributed by atoms with E-state index in [4.69, 9.17) is 4.74 Å². The summed E-state index contributed by atoms with van der Waals surface area (Å²) >= 11 is 0. The van der Waals surface area contributed by atoms with Gasteiger partial charge in [0.25, 0.3) is 0 Å². The summed E-state index contributed by atoms with van der Waals surface area (Å²) in [6.07, 6.45) is 2.61. The van der Waals surface area contributed by atoms with Gasteiger partial charge in [-0.1, -0.05) is 32.4 Å². The van der Waals surface area contributed by atoms with E-state index in [0.29, 0.717) is 18.5 Å². The van der Waals surface area contributed by atoms with Crippen molar-refractivity contribution in [3.8, 4) is 0 Å². The Morgan fingerprint density at radius 1 is 1.32 bits per heavy atom. The maximum atomic E-state index is 13.6. The molecule has 1 atom stereocenters. The van der Waals surface area contributed by atoms with Crippen molar-refractivity contribution < 1.29 is 13.9 Å². The first-order chi connectivity index (χ1) is 12.0. The molecule has 1 heterocycles. The van der Waals surface area contributed by atoms with Gasteiger partial charge in [-0.3, -0.25) is 9.69 Å². The van der Waals surface area contributed by atoms with Crippen molar-refractivity contribution in [3.05, 3.63) is 35.6 Å². The molecule has 4 nitrogen and oxygen atoms in total. The Kier molecular flexibility index (Phi) is 5.74. The van der Waals surface area contributed by atoms with Crippen molar-refractivity contribution in [1.82, 2.24) is 10.2 Å². The van der Waals surface area contributed by atoms with Crippen LogP contribution in [0.1, 0.15) is 38.7 Å². The van der Waals surface area contributed by atoms with E-state index >= 15 is 0 Å². The molecule has 1 N–H and O–H groups in total. The number of morpholine rings is 1. The second-order valence-electron chi connectivity index (χ2n) is 7.62. The lowest BCUT2D eigenvalue weighted by molar-refractivity contribution is -0.130. The predicted octanol–water partition coefficient (Wildman–Crippen LogP) is 2.72. The van der Waals surface area contributed by atoms with E-state index in [9.17, 15) is 9.18 Å². The van der Waals surface area contributed by atoms with Crippen LogP contribution in [0.4, 0.5) is 4.39 Å². The van der Waals surface area contributed by atoms with Crippen molar-refractivity contribution in [2.24, 2.45) is 5.92 Å². The third-order valence-corrected chi connectivity index (χ3v) is 5.77. The first-order valence-electron chi connectivity index (χ1n) is 9.39. The third kappa shape index (κ3) is 3.87. The van der Waals surface area contributed by atoms with Crippen LogP contribution >= 0.6 is 0 Å². The van der Waals surface area contributed by atoms with E-state index in [1.165, 1.54) is 12.1 Å². The zero-order valence-corrected chi connectivity index (χ0v) is 15.3. The summed E-state index contributed by atoms with van der Waals surface area (Å²) in [5, 5.41) is 3.18. The molecule has 0 radical (unpaired) electrons. The normalized spacial score (nSPS) is 21.6. The number of hydrogen-bond donors (Lipinski definition) is 1. The van der Waals surface area contributed by atoms with E-state index < -0.39 is 5.41 Å². The molecule has 1 saturated carbocycles. The molecule has 1 unspecified atom stereocenters. The number of carbonyl (C=O) groups is 1. The van der Waals surface area contributed by atoms with Crippen LogP contribution in [0.25, 0.3) is 0 Å². The molecule has 1 aromatic carbocycles. The summed E-state index contributed by atoms with van der Waals surface area (Å²) < 4.78 is 19.1. The molecule has 2 fully saturated rings. The van der Waals surface area contributed by atoms with Crippen LogP contribution in [0, 0.1) is 11.7 Å². The summed E-state index contributed by atoms with van der Waals surface area (Å²) in [5.41, 5.74) is 0.262. The Balaban J connectivity index is 1.67. The van der Waals surface area contributed by atoms with Gasteiger partial charge in [0.1, 0.15) is 5.82 Å². The maximum absolute atomic E-state index is 13.6. The van der Waals surface area contributed by atoms with Gasteiger partial charge in [0.05, 0.1) is 18.6 Å². The lowest BCUT2D eigenvalue weighted by atomic mass is 9.63. The first kappa shape index (κ1) is 18.3. The van der Waals surface area contributed by atoms with Gasteiger partial charge < -0.3 is 10.1 Å². The minimum absolute atomic E-state index is 0.0447. The van der Waals surface area contributed by atoms with Crippen LogP contribution in [0.5, 0.6) is 0 Å². The number of hydrogen-bond acceptors (Lipinski definition) is 3. The first-order valence-corrected chi connectivity index (χ1v) is 9.39. The summed E-state index contributed by atoms with van der Waals surface area (Å²) in [6.45, 7) is 8.35. The molecule has 0 aromatic heterocycles. The van der Waals surface area contributed by atoms with E-state index in [1.807, 2.05) is 6.07 Å². The lowest BCUT2D eigenvalue weighted by Crippen LogP contribution is -2.55. The molecule has 138 valence electrons. The van der Waals surface area contributed by atoms with Gasteiger partial charge in [0, 0.05) is 25.7 Å². The quantitative estimate of drug-likeness (QED) is 0.859. The van der Waals surface area contributed by atoms with Crippen LogP contribution in [-0.4, -0.2) is 49.7 Å². The second-order valence-corrected chi connectivity index (χ2v) is 7.62. The summed E-state index contributed by atoms with van der Waals surface area (Å²) in [6, 6.07) is 6.83. The van der Waals surface area contributed by atoms with Gasteiger partial charge in [-0.25, -0.2) is 4.39 Å². The standard InChI is InChI=1S/C20H29FN2O2/c1-15(2)18(23-9-11-25-12-10-23)14-22-19(24)20(7-4-8-20)16-5-3-6-17(21)13-16/h3,5-6,13,15,18H,4,7-12,14H2,1-2H3,(H,22,24). The molecule has 1 aliphatic heterocycles. The van der Waals surface area contributed by atoms with Gasteiger partial charge in [-0.05, 0) is 36.5 Å². The molecular formula is C20H29FN2O2. The Labute approximate surface area is 149 Å².